The topological polar surface area (TPSA) is 57.4 Å². The summed E-state index contributed by atoms with van der Waals surface area (Å²) in [5.41, 5.74) is 4.93. The number of likely N-dealkylation sites (tertiary alicyclic amines) is 1. The molecule has 1 saturated heterocycles. The van der Waals surface area contributed by atoms with Gasteiger partial charge >= 0.3 is 0 Å². The third-order valence-electron chi connectivity index (χ3n) is 5.30. The summed E-state index contributed by atoms with van der Waals surface area (Å²) in [6.45, 7) is 8.37. The molecule has 136 valence electrons. The first-order valence-electron chi connectivity index (χ1n) is 9.21. The maximum absolute atomic E-state index is 12.4. The molecule has 3 rings (SSSR count). The Hall–Kier alpha value is -1.85. The standard InChI is InChI=1S/C20H29N3O2/c1-4-18-14(2)17-11-15(5-6-19(17)22-18)12-21-20(24)16-7-8-23(13-16)9-10-25-3/h5-6,11,16,22H,4,7-10,12-13H2,1-3H3,(H,21,24)/t16-/m1/s1. The van der Waals surface area contributed by atoms with Gasteiger partial charge in [-0.3, -0.25) is 4.79 Å². The lowest BCUT2D eigenvalue weighted by molar-refractivity contribution is -0.124. The van der Waals surface area contributed by atoms with Gasteiger partial charge in [0.05, 0.1) is 12.5 Å². The van der Waals surface area contributed by atoms with E-state index in [1.807, 2.05) is 0 Å². The van der Waals surface area contributed by atoms with Crippen molar-refractivity contribution in [2.45, 2.75) is 33.2 Å². The number of ether oxygens (including phenoxy) is 1. The smallest absolute Gasteiger partial charge is 0.224 e. The van der Waals surface area contributed by atoms with Crippen LogP contribution in [0, 0.1) is 12.8 Å². The molecule has 0 saturated carbocycles. The van der Waals surface area contributed by atoms with E-state index in [2.05, 4.69) is 47.2 Å². The normalized spacial score (nSPS) is 18.1. The number of hydrogen-bond donors (Lipinski definition) is 2. The lowest BCUT2D eigenvalue weighted by Crippen LogP contribution is -2.33. The number of nitrogens with zero attached hydrogens (tertiary/aromatic N) is 1. The molecule has 2 N–H and O–H groups in total. The van der Waals surface area contributed by atoms with Crippen molar-refractivity contribution >= 4 is 16.8 Å². The van der Waals surface area contributed by atoms with E-state index in [9.17, 15) is 4.79 Å². The van der Waals surface area contributed by atoms with E-state index >= 15 is 0 Å². The second kappa shape index (κ2) is 8.02. The zero-order chi connectivity index (χ0) is 17.8. The second-order valence-corrected chi connectivity index (χ2v) is 6.96. The molecule has 0 aliphatic carbocycles. The van der Waals surface area contributed by atoms with Crippen molar-refractivity contribution < 1.29 is 9.53 Å². The average Bonchev–Trinajstić information content (AvgIpc) is 3.22. The summed E-state index contributed by atoms with van der Waals surface area (Å²) in [6, 6.07) is 6.41. The molecule has 25 heavy (non-hydrogen) atoms. The average molecular weight is 343 g/mol. The van der Waals surface area contributed by atoms with Crippen LogP contribution in [0.15, 0.2) is 18.2 Å². The minimum Gasteiger partial charge on any atom is -0.383 e. The molecule has 1 amide bonds. The SMILES string of the molecule is CCc1[nH]c2ccc(CNC(=O)[C@@H]3CCN(CCOC)C3)cc2c1C. The molecular formula is C20H29N3O2. The van der Waals surface area contributed by atoms with Crippen LogP contribution in [0.1, 0.15) is 30.2 Å². The third-order valence-corrected chi connectivity index (χ3v) is 5.30. The zero-order valence-corrected chi connectivity index (χ0v) is 15.5. The zero-order valence-electron chi connectivity index (χ0n) is 15.5. The van der Waals surface area contributed by atoms with E-state index in [-0.39, 0.29) is 11.8 Å². The highest BCUT2D eigenvalue weighted by Gasteiger charge is 2.27. The number of carbonyl (C=O) groups is 1. The van der Waals surface area contributed by atoms with Crippen LogP contribution in [0.4, 0.5) is 0 Å². The number of aryl methyl sites for hydroxylation is 2. The first kappa shape index (κ1) is 18.0. The molecular weight excluding hydrogens is 314 g/mol. The van der Waals surface area contributed by atoms with E-state index in [1.54, 1.807) is 7.11 Å². The number of carbonyl (C=O) groups excluding carboxylic acids is 1. The summed E-state index contributed by atoms with van der Waals surface area (Å²) in [5.74, 6) is 0.265. The fourth-order valence-corrected chi connectivity index (χ4v) is 3.70. The van der Waals surface area contributed by atoms with Gasteiger partial charge in [-0.25, -0.2) is 0 Å². The molecule has 0 unspecified atom stereocenters. The molecule has 1 aliphatic rings. The summed E-state index contributed by atoms with van der Waals surface area (Å²) in [4.78, 5) is 18.2. The highest BCUT2D eigenvalue weighted by atomic mass is 16.5. The van der Waals surface area contributed by atoms with Gasteiger partial charge < -0.3 is 19.9 Å². The van der Waals surface area contributed by atoms with Crippen LogP contribution in [0.2, 0.25) is 0 Å². The van der Waals surface area contributed by atoms with Gasteiger partial charge in [0.1, 0.15) is 0 Å². The highest BCUT2D eigenvalue weighted by Crippen LogP contribution is 2.23. The Bertz CT molecular complexity index is 738. The quantitative estimate of drug-likeness (QED) is 0.812. The molecule has 1 aliphatic heterocycles. The summed E-state index contributed by atoms with van der Waals surface area (Å²) in [5, 5.41) is 4.37. The molecule has 0 radical (unpaired) electrons. The molecule has 2 heterocycles. The van der Waals surface area contributed by atoms with Crippen molar-refractivity contribution in [1.29, 1.82) is 0 Å². The first-order chi connectivity index (χ1) is 12.1. The van der Waals surface area contributed by atoms with Crippen LogP contribution in [-0.2, 0) is 22.5 Å². The number of methoxy groups -OCH3 is 1. The molecule has 2 aromatic rings. The Kier molecular flexibility index (Phi) is 5.76. The minimum atomic E-state index is 0.0984. The van der Waals surface area contributed by atoms with Gasteiger partial charge in [0.15, 0.2) is 0 Å². The number of rotatable bonds is 7. The van der Waals surface area contributed by atoms with Gasteiger partial charge in [-0.1, -0.05) is 13.0 Å². The first-order valence-corrected chi connectivity index (χ1v) is 9.21. The maximum Gasteiger partial charge on any atom is 0.224 e. The Morgan fingerprint density at radius 3 is 3.04 bits per heavy atom. The summed E-state index contributed by atoms with van der Waals surface area (Å²) in [6.07, 6.45) is 1.94. The van der Waals surface area contributed by atoms with E-state index in [0.29, 0.717) is 6.54 Å². The minimum absolute atomic E-state index is 0.0984. The number of nitrogens with one attached hydrogen (secondary N) is 2. The van der Waals surface area contributed by atoms with E-state index < -0.39 is 0 Å². The Labute approximate surface area is 149 Å². The monoisotopic (exact) mass is 343 g/mol. The molecule has 0 spiro atoms. The molecule has 1 aromatic heterocycles. The van der Waals surface area contributed by atoms with E-state index in [4.69, 9.17) is 4.74 Å². The number of aromatic nitrogens is 1. The number of amides is 1. The van der Waals surface area contributed by atoms with Gasteiger partial charge in [-0.15, -0.1) is 0 Å². The van der Waals surface area contributed by atoms with Crippen LogP contribution in [0.25, 0.3) is 10.9 Å². The Balaban J connectivity index is 1.57. The number of fused-ring (bicyclic) bond motifs is 1. The molecule has 1 aromatic carbocycles. The number of H-pyrrole nitrogens is 1. The van der Waals surface area contributed by atoms with Gasteiger partial charge in [0.2, 0.25) is 5.91 Å². The largest absolute Gasteiger partial charge is 0.383 e. The number of benzene rings is 1. The summed E-state index contributed by atoms with van der Waals surface area (Å²) < 4.78 is 5.11. The fraction of sp³-hybridized carbons (Fsp3) is 0.550. The van der Waals surface area contributed by atoms with E-state index in [0.717, 1.165) is 44.6 Å². The van der Waals surface area contributed by atoms with Crippen molar-refractivity contribution in [3.8, 4) is 0 Å². The van der Waals surface area contributed by atoms with E-state index in [1.165, 1.54) is 22.2 Å². The van der Waals surface area contributed by atoms with Crippen LogP contribution in [0.5, 0.6) is 0 Å². The molecule has 1 fully saturated rings. The van der Waals surface area contributed by atoms with Crippen molar-refractivity contribution in [3.63, 3.8) is 0 Å². The van der Waals surface area contributed by atoms with Crippen LogP contribution in [0.3, 0.4) is 0 Å². The van der Waals surface area contributed by atoms with Gasteiger partial charge in [-0.05, 0) is 49.6 Å². The Morgan fingerprint density at radius 1 is 1.44 bits per heavy atom. The second-order valence-electron chi connectivity index (χ2n) is 6.96. The van der Waals surface area contributed by atoms with Crippen LogP contribution in [-0.4, -0.2) is 49.1 Å². The third kappa shape index (κ3) is 4.05. The summed E-state index contributed by atoms with van der Waals surface area (Å²) >= 11 is 0. The predicted octanol–water partition coefficient (Wildman–Crippen LogP) is 2.62. The lowest BCUT2D eigenvalue weighted by atomic mass is 10.1. The predicted molar refractivity (Wildman–Crippen MR) is 101 cm³/mol. The van der Waals surface area contributed by atoms with Gasteiger partial charge in [0, 0.05) is 43.3 Å². The highest BCUT2D eigenvalue weighted by molar-refractivity contribution is 5.85. The molecule has 0 bridgehead atoms. The van der Waals surface area contributed by atoms with Crippen molar-refractivity contribution in [1.82, 2.24) is 15.2 Å². The molecule has 5 nitrogen and oxygen atoms in total. The van der Waals surface area contributed by atoms with Crippen LogP contribution >= 0.6 is 0 Å². The van der Waals surface area contributed by atoms with Crippen LogP contribution < -0.4 is 5.32 Å². The van der Waals surface area contributed by atoms with Gasteiger partial charge in [0.25, 0.3) is 0 Å². The van der Waals surface area contributed by atoms with Crippen molar-refractivity contribution in [2.24, 2.45) is 5.92 Å². The maximum atomic E-state index is 12.4. The molecule has 5 heteroatoms. The van der Waals surface area contributed by atoms with Crippen molar-refractivity contribution in [3.05, 3.63) is 35.0 Å². The number of hydrogen-bond acceptors (Lipinski definition) is 3. The Morgan fingerprint density at radius 2 is 2.28 bits per heavy atom. The fourth-order valence-electron chi connectivity index (χ4n) is 3.70. The van der Waals surface area contributed by atoms with Gasteiger partial charge in [-0.2, -0.15) is 0 Å². The molecule has 1 atom stereocenters. The summed E-state index contributed by atoms with van der Waals surface area (Å²) in [7, 11) is 1.72. The number of aromatic amines is 1. The van der Waals surface area contributed by atoms with Crippen molar-refractivity contribution in [2.75, 3.05) is 33.4 Å². The lowest BCUT2D eigenvalue weighted by Gasteiger charge is -2.15.